The van der Waals surface area contributed by atoms with Gasteiger partial charge in [0.25, 0.3) is 0 Å². The summed E-state index contributed by atoms with van der Waals surface area (Å²) in [5, 5.41) is 0. The first-order valence-electron chi connectivity index (χ1n) is 9.27. The number of fused-ring (bicyclic) bond motifs is 1. The number of rotatable bonds is 4. The quantitative estimate of drug-likeness (QED) is 0.677. The second-order valence-electron chi connectivity index (χ2n) is 6.69. The lowest BCUT2D eigenvalue weighted by Gasteiger charge is -2.32. The van der Waals surface area contributed by atoms with Crippen LogP contribution in [0.1, 0.15) is 26.2 Å². The van der Waals surface area contributed by atoms with Crippen molar-refractivity contribution < 1.29 is 13.9 Å². The van der Waals surface area contributed by atoms with Crippen LogP contribution in [0.2, 0.25) is 0 Å². The highest BCUT2D eigenvalue weighted by atomic mass is 16.5. The number of para-hydroxylation sites is 1. The normalized spacial score (nSPS) is 15.3. The molecule has 26 heavy (non-hydrogen) atoms. The van der Waals surface area contributed by atoms with Crippen molar-refractivity contribution in [3.63, 3.8) is 0 Å². The Morgan fingerprint density at radius 2 is 1.85 bits per heavy atom. The van der Waals surface area contributed by atoms with Gasteiger partial charge in [-0.25, -0.2) is 0 Å². The van der Waals surface area contributed by atoms with Crippen molar-refractivity contribution in [1.82, 2.24) is 4.90 Å². The maximum Gasteiger partial charge on any atom is 0.222 e. The maximum atomic E-state index is 11.8. The van der Waals surface area contributed by atoms with Crippen LogP contribution in [0.3, 0.4) is 0 Å². The molecule has 2 aliphatic heterocycles. The summed E-state index contributed by atoms with van der Waals surface area (Å²) in [7, 11) is 0. The van der Waals surface area contributed by atoms with E-state index in [1.165, 1.54) is 0 Å². The Bertz CT molecular complexity index is 861. The molecule has 4 heteroatoms. The van der Waals surface area contributed by atoms with Crippen LogP contribution in [0, 0.1) is 0 Å². The minimum atomic E-state index is 0.125. The number of nitrogens with zero attached hydrogens (tertiary/aromatic N) is 1. The Hall–Kier alpha value is -2.75. The number of likely N-dealkylation sites (tertiary alicyclic amines) is 1. The molecule has 0 N–H and O–H groups in total. The topological polar surface area (TPSA) is 42.7 Å². The molecular weight excluding hydrogens is 326 g/mol. The van der Waals surface area contributed by atoms with Crippen LogP contribution in [0.25, 0.3) is 22.6 Å². The lowest BCUT2D eigenvalue weighted by Crippen LogP contribution is -2.41. The number of carbonyl (C=O) groups excluding carboxylic acids is 1. The third-order valence-corrected chi connectivity index (χ3v) is 4.99. The van der Waals surface area contributed by atoms with E-state index >= 15 is 0 Å². The summed E-state index contributed by atoms with van der Waals surface area (Å²) in [4.78, 5) is 13.8. The van der Waals surface area contributed by atoms with Crippen LogP contribution in [-0.2, 0) is 4.79 Å². The van der Waals surface area contributed by atoms with E-state index in [-0.39, 0.29) is 12.0 Å². The monoisotopic (exact) mass is 349 g/mol. The Balaban J connectivity index is 1.52. The van der Waals surface area contributed by atoms with E-state index in [4.69, 9.17) is 9.15 Å². The number of carbonyl (C=O) groups is 1. The SMILES string of the molecule is CCC(=O)N1CCC(Oc2ccccc2-c2ccc3cccc-3o2)CC1. The molecule has 0 saturated carbocycles. The van der Waals surface area contributed by atoms with E-state index in [1.54, 1.807) is 0 Å². The zero-order chi connectivity index (χ0) is 17.9. The van der Waals surface area contributed by atoms with Crippen LogP contribution in [-0.4, -0.2) is 30.0 Å². The summed E-state index contributed by atoms with van der Waals surface area (Å²) < 4.78 is 12.3. The largest absolute Gasteiger partial charge is 0.490 e. The molecule has 3 aliphatic rings. The molecule has 0 spiro atoms. The van der Waals surface area contributed by atoms with Gasteiger partial charge in [0.05, 0.1) is 5.56 Å². The molecule has 1 aliphatic carbocycles. The van der Waals surface area contributed by atoms with E-state index in [0.717, 1.165) is 54.3 Å². The van der Waals surface area contributed by atoms with E-state index in [1.807, 2.05) is 60.4 Å². The van der Waals surface area contributed by atoms with Gasteiger partial charge in [-0.3, -0.25) is 4.79 Å². The number of hydrogen-bond acceptors (Lipinski definition) is 3. The van der Waals surface area contributed by atoms with Gasteiger partial charge in [-0.05, 0) is 30.3 Å². The van der Waals surface area contributed by atoms with E-state index in [2.05, 4.69) is 6.07 Å². The third kappa shape index (κ3) is 3.32. The van der Waals surface area contributed by atoms with Crippen LogP contribution >= 0.6 is 0 Å². The molecule has 2 heterocycles. The van der Waals surface area contributed by atoms with Crippen LogP contribution in [0.15, 0.2) is 59.0 Å². The van der Waals surface area contributed by atoms with Gasteiger partial charge in [-0.1, -0.05) is 31.2 Å². The fourth-order valence-electron chi connectivity index (χ4n) is 3.51. The van der Waals surface area contributed by atoms with Gasteiger partial charge in [-0.15, -0.1) is 0 Å². The van der Waals surface area contributed by atoms with Gasteiger partial charge in [0.1, 0.15) is 23.4 Å². The second kappa shape index (κ2) is 7.24. The average molecular weight is 349 g/mol. The molecule has 1 fully saturated rings. The summed E-state index contributed by atoms with van der Waals surface area (Å²) in [6, 6.07) is 18.1. The predicted octanol–water partition coefficient (Wildman–Crippen LogP) is 4.83. The van der Waals surface area contributed by atoms with Crippen molar-refractivity contribution >= 4 is 5.91 Å². The fraction of sp³-hybridized carbons (Fsp3) is 0.318. The molecule has 0 bridgehead atoms. The first kappa shape index (κ1) is 16.7. The Morgan fingerprint density at radius 3 is 2.65 bits per heavy atom. The highest BCUT2D eigenvalue weighted by molar-refractivity contribution is 5.76. The van der Waals surface area contributed by atoms with Crippen molar-refractivity contribution in [2.75, 3.05) is 13.1 Å². The molecule has 1 aromatic rings. The number of amides is 1. The average Bonchev–Trinajstić information content (AvgIpc) is 3.16. The zero-order valence-corrected chi connectivity index (χ0v) is 15.0. The van der Waals surface area contributed by atoms with Crippen LogP contribution < -0.4 is 4.74 Å². The summed E-state index contributed by atoms with van der Waals surface area (Å²) in [5.41, 5.74) is 2.06. The number of piperidine rings is 1. The first-order valence-corrected chi connectivity index (χ1v) is 9.27. The van der Waals surface area contributed by atoms with Gasteiger partial charge in [0.15, 0.2) is 0 Å². The Kier molecular flexibility index (Phi) is 4.65. The molecular formula is C22H23NO3. The summed E-state index contributed by atoms with van der Waals surface area (Å²) in [6.07, 6.45) is 2.41. The van der Waals surface area contributed by atoms with Gasteiger partial charge in [0, 0.05) is 37.9 Å². The second-order valence-corrected chi connectivity index (χ2v) is 6.69. The fourth-order valence-corrected chi connectivity index (χ4v) is 3.51. The van der Waals surface area contributed by atoms with Gasteiger partial charge >= 0.3 is 0 Å². The number of benzene rings is 1. The minimum absolute atomic E-state index is 0.125. The number of hydrogen-bond donors (Lipinski definition) is 0. The molecule has 4 nitrogen and oxygen atoms in total. The van der Waals surface area contributed by atoms with Gasteiger partial charge < -0.3 is 14.1 Å². The van der Waals surface area contributed by atoms with Crippen LogP contribution in [0.5, 0.6) is 5.75 Å². The molecule has 134 valence electrons. The molecule has 0 unspecified atom stereocenters. The van der Waals surface area contributed by atoms with Crippen molar-refractivity contribution in [1.29, 1.82) is 0 Å². The van der Waals surface area contributed by atoms with E-state index < -0.39 is 0 Å². The maximum absolute atomic E-state index is 11.8. The standard InChI is InChI=1S/C22H23NO3/c1-2-22(24)23-14-12-17(13-15-23)25-20-8-4-3-7-18(20)21-11-10-16-6-5-9-19(16)26-21/h3-11,17H,2,12-15H2,1H3. The number of ether oxygens (including phenoxy) is 1. The molecule has 0 atom stereocenters. The van der Waals surface area contributed by atoms with Gasteiger partial charge in [-0.2, -0.15) is 0 Å². The van der Waals surface area contributed by atoms with Gasteiger partial charge in [0.2, 0.25) is 5.91 Å². The molecule has 4 rings (SSSR count). The van der Waals surface area contributed by atoms with E-state index in [9.17, 15) is 4.79 Å². The van der Waals surface area contributed by atoms with Crippen molar-refractivity contribution in [3.05, 3.63) is 54.6 Å². The summed E-state index contributed by atoms with van der Waals surface area (Å²) >= 11 is 0. The highest BCUT2D eigenvalue weighted by Crippen LogP contribution is 2.35. The smallest absolute Gasteiger partial charge is 0.222 e. The zero-order valence-electron chi connectivity index (χ0n) is 15.0. The van der Waals surface area contributed by atoms with Crippen molar-refractivity contribution in [2.24, 2.45) is 0 Å². The molecule has 1 amide bonds. The minimum Gasteiger partial charge on any atom is -0.490 e. The first-order chi connectivity index (χ1) is 12.7. The molecule has 1 saturated heterocycles. The summed E-state index contributed by atoms with van der Waals surface area (Å²) in [5.74, 6) is 2.75. The Morgan fingerprint density at radius 1 is 1.04 bits per heavy atom. The molecule has 0 radical (unpaired) electrons. The lowest BCUT2D eigenvalue weighted by atomic mass is 10.1. The predicted molar refractivity (Wildman–Crippen MR) is 101 cm³/mol. The lowest BCUT2D eigenvalue weighted by molar-refractivity contribution is -0.132. The third-order valence-electron chi connectivity index (χ3n) is 4.99. The molecule has 1 aromatic carbocycles. The van der Waals surface area contributed by atoms with Crippen molar-refractivity contribution in [3.8, 4) is 28.4 Å². The van der Waals surface area contributed by atoms with Crippen LogP contribution in [0.4, 0.5) is 0 Å². The highest BCUT2D eigenvalue weighted by Gasteiger charge is 2.24. The Labute approximate surface area is 153 Å². The van der Waals surface area contributed by atoms with E-state index in [0.29, 0.717) is 6.42 Å². The molecule has 0 aromatic heterocycles. The summed E-state index contributed by atoms with van der Waals surface area (Å²) in [6.45, 7) is 3.45. The van der Waals surface area contributed by atoms with Crippen molar-refractivity contribution in [2.45, 2.75) is 32.3 Å².